The quantitative estimate of drug-likeness (QED) is 0.338. The summed E-state index contributed by atoms with van der Waals surface area (Å²) in [7, 11) is 1.68. The first-order valence-electron chi connectivity index (χ1n) is 12.0. The van der Waals surface area contributed by atoms with Gasteiger partial charge in [0.15, 0.2) is 11.5 Å². The van der Waals surface area contributed by atoms with Crippen LogP contribution in [0.1, 0.15) is 22.3 Å². The number of hydrogen-bond donors (Lipinski definition) is 2. The fourth-order valence-corrected chi connectivity index (χ4v) is 4.78. The van der Waals surface area contributed by atoms with Gasteiger partial charge < -0.3 is 25.1 Å². The van der Waals surface area contributed by atoms with Gasteiger partial charge in [0.05, 0.1) is 7.11 Å². The summed E-state index contributed by atoms with van der Waals surface area (Å²) in [5, 5.41) is 7.12. The summed E-state index contributed by atoms with van der Waals surface area (Å²) < 4.78 is 48.4. The number of nitrogens with two attached hydrogens (primary N) is 1. The lowest BCUT2D eigenvalue weighted by Gasteiger charge is -2.29. The average molecular weight is 549 g/mol. The molecule has 4 aromatic carbocycles. The Kier molecular flexibility index (Phi) is 6.85. The van der Waals surface area contributed by atoms with Crippen molar-refractivity contribution < 1.29 is 37.3 Å². The largest absolute Gasteiger partial charge is 0.497 e. The van der Waals surface area contributed by atoms with Crippen LogP contribution in [0.15, 0.2) is 96.0 Å². The topological polar surface area (TPSA) is 103 Å². The number of hydrogen-bond acceptors (Lipinski definition) is 6. The molecule has 0 aromatic heterocycles. The second-order valence-corrected chi connectivity index (χ2v) is 8.94. The average Bonchev–Trinajstić information content (AvgIpc) is 3.55. The third-order valence-corrected chi connectivity index (χ3v) is 6.60. The molecule has 0 amide bonds. The summed E-state index contributed by atoms with van der Waals surface area (Å²) in [4.78, 5) is 14.0. The number of carbonyl (C=O) groups is 1. The molecule has 2 aliphatic rings. The minimum Gasteiger partial charge on any atom is -0.497 e. The van der Waals surface area contributed by atoms with Gasteiger partial charge in [-0.25, -0.2) is 9.79 Å². The van der Waals surface area contributed by atoms with Crippen LogP contribution in [0, 0.1) is 0 Å². The Hall–Kier alpha value is -4.99. The first kappa shape index (κ1) is 26.6. The monoisotopic (exact) mass is 548 g/mol. The zero-order valence-corrected chi connectivity index (χ0v) is 21.1. The number of ether oxygens (including phenoxy) is 3. The maximum absolute atomic E-state index is 10.6. The highest BCUT2D eigenvalue weighted by Crippen LogP contribution is 2.48. The summed E-state index contributed by atoms with van der Waals surface area (Å²) >= 11 is 0. The zero-order valence-electron chi connectivity index (χ0n) is 21.1. The number of fused-ring (bicyclic) bond motifs is 2. The normalized spacial score (nSPS) is 16.9. The molecule has 6 rings (SSSR count). The Balaban J connectivity index is 0.000000411. The van der Waals surface area contributed by atoms with E-state index in [0.717, 1.165) is 44.9 Å². The van der Waals surface area contributed by atoms with E-state index in [1.807, 2.05) is 54.6 Å². The third-order valence-electron chi connectivity index (χ3n) is 6.60. The fourth-order valence-electron chi connectivity index (χ4n) is 4.78. The molecule has 10 heteroatoms. The van der Waals surface area contributed by atoms with Gasteiger partial charge in [-0.1, -0.05) is 60.7 Å². The van der Waals surface area contributed by atoms with Crippen LogP contribution in [0.5, 0.6) is 17.2 Å². The van der Waals surface area contributed by atoms with E-state index >= 15 is 0 Å². The molecule has 0 aliphatic carbocycles. The lowest BCUT2D eigenvalue weighted by molar-refractivity contribution is -0.192. The van der Waals surface area contributed by atoms with Gasteiger partial charge in [0.2, 0.25) is 6.79 Å². The molecule has 1 atom stereocenters. The number of aliphatic imine (C=N–C) groups is 1. The Labute approximate surface area is 227 Å². The molecular formula is C30H23F3N2O5. The summed E-state index contributed by atoms with van der Waals surface area (Å²) in [5.74, 6) is 0.0376. The van der Waals surface area contributed by atoms with E-state index in [9.17, 15) is 13.2 Å². The van der Waals surface area contributed by atoms with Crippen LogP contribution < -0.4 is 19.9 Å². The molecule has 0 saturated carbocycles. The molecule has 0 spiro atoms. The maximum atomic E-state index is 10.6. The summed E-state index contributed by atoms with van der Waals surface area (Å²) in [6.07, 6.45) is -5.08. The van der Waals surface area contributed by atoms with Gasteiger partial charge in [-0.15, -0.1) is 0 Å². The number of aliphatic carboxylic acids is 1. The van der Waals surface area contributed by atoms with E-state index in [0.29, 0.717) is 11.6 Å². The van der Waals surface area contributed by atoms with Crippen molar-refractivity contribution in [3.8, 4) is 28.4 Å². The van der Waals surface area contributed by atoms with Crippen molar-refractivity contribution in [3.63, 3.8) is 0 Å². The van der Waals surface area contributed by atoms with Crippen molar-refractivity contribution in [1.29, 1.82) is 0 Å². The lowest BCUT2D eigenvalue weighted by atomic mass is 9.77. The molecule has 2 aliphatic heterocycles. The van der Waals surface area contributed by atoms with Crippen molar-refractivity contribution >= 4 is 11.8 Å². The molecule has 0 fully saturated rings. The number of halogens is 3. The second kappa shape index (κ2) is 10.3. The van der Waals surface area contributed by atoms with Gasteiger partial charge in [0.1, 0.15) is 17.1 Å². The Morgan fingerprint density at radius 3 is 2.27 bits per heavy atom. The Morgan fingerprint density at radius 2 is 1.55 bits per heavy atom. The number of alkyl halides is 3. The van der Waals surface area contributed by atoms with Gasteiger partial charge in [-0.05, 0) is 58.1 Å². The van der Waals surface area contributed by atoms with Crippen molar-refractivity contribution in [1.82, 2.24) is 0 Å². The number of carboxylic acids is 1. The molecule has 0 saturated heterocycles. The van der Waals surface area contributed by atoms with Crippen LogP contribution >= 0.6 is 0 Å². The molecule has 2 heterocycles. The minimum absolute atomic E-state index is 0.221. The van der Waals surface area contributed by atoms with Gasteiger partial charge in [-0.3, -0.25) is 0 Å². The molecule has 7 nitrogen and oxygen atoms in total. The predicted octanol–water partition coefficient (Wildman–Crippen LogP) is 5.74. The van der Waals surface area contributed by atoms with Crippen LogP contribution in [-0.4, -0.2) is 37.0 Å². The van der Waals surface area contributed by atoms with E-state index in [1.54, 1.807) is 7.11 Å². The number of amidine groups is 1. The van der Waals surface area contributed by atoms with Crippen molar-refractivity contribution in [2.45, 2.75) is 11.7 Å². The maximum Gasteiger partial charge on any atom is 0.490 e. The summed E-state index contributed by atoms with van der Waals surface area (Å²) in [6, 6.07) is 30.6. The van der Waals surface area contributed by atoms with Crippen LogP contribution in [0.4, 0.5) is 13.2 Å². The van der Waals surface area contributed by atoms with Gasteiger partial charge >= 0.3 is 12.1 Å². The molecule has 1 unspecified atom stereocenters. The summed E-state index contributed by atoms with van der Waals surface area (Å²) in [6.45, 7) is 0.221. The van der Waals surface area contributed by atoms with Crippen molar-refractivity contribution in [2.24, 2.45) is 10.7 Å². The van der Waals surface area contributed by atoms with Crippen LogP contribution in [-0.2, 0) is 10.3 Å². The van der Waals surface area contributed by atoms with Gasteiger partial charge in [0, 0.05) is 5.56 Å². The second-order valence-electron chi connectivity index (χ2n) is 8.94. The highest BCUT2D eigenvalue weighted by molar-refractivity contribution is 6.03. The molecular weight excluding hydrogens is 525 g/mol. The highest BCUT2D eigenvalue weighted by Gasteiger charge is 2.43. The predicted molar refractivity (Wildman–Crippen MR) is 142 cm³/mol. The number of benzene rings is 4. The van der Waals surface area contributed by atoms with E-state index in [2.05, 4.69) is 36.4 Å². The molecule has 204 valence electrons. The SMILES string of the molecule is COc1cccc(-c2cccc(C3(c4ccc5c(c4)OCO5)N=C(N)c4ccccc43)c2)c1.O=C(O)C(F)(F)F. The van der Waals surface area contributed by atoms with Crippen LogP contribution in [0.2, 0.25) is 0 Å². The Bertz CT molecular complexity index is 1620. The number of rotatable bonds is 4. The minimum atomic E-state index is -5.08. The van der Waals surface area contributed by atoms with Crippen molar-refractivity contribution in [3.05, 3.63) is 113 Å². The van der Waals surface area contributed by atoms with E-state index in [4.69, 9.17) is 34.8 Å². The summed E-state index contributed by atoms with van der Waals surface area (Å²) in [5.41, 5.74) is 11.8. The van der Waals surface area contributed by atoms with Gasteiger partial charge in [0.25, 0.3) is 0 Å². The van der Waals surface area contributed by atoms with Crippen LogP contribution in [0.25, 0.3) is 11.1 Å². The van der Waals surface area contributed by atoms with Crippen molar-refractivity contribution in [2.75, 3.05) is 13.9 Å². The first-order valence-corrected chi connectivity index (χ1v) is 12.0. The van der Waals surface area contributed by atoms with E-state index < -0.39 is 17.7 Å². The standard InChI is InChI=1S/C28H22N2O3.C2HF3O2/c1-31-22-9-5-7-19(15-22)18-6-4-8-20(14-18)28(21-12-13-25-26(16-21)33-17-32-25)24-11-3-2-10-23(24)27(29)30-28;3-2(4,5)1(6)7/h2-16H,17H2,1H3,(H2,29,30);(H,6,7). The molecule has 0 radical (unpaired) electrons. The third kappa shape index (κ3) is 4.79. The molecule has 40 heavy (non-hydrogen) atoms. The zero-order chi connectivity index (χ0) is 28.5. The van der Waals surface area contributed by atoms with Gasteiger partial charge in [-0.2, -0.15) is 13.2 Å². The fraction of sp³-hybridized carbons (Fsp3) is 0.133. The lowest BCUT2D eigenvalue weighted by Crippen LogP contribution is -2.25. The molecule has 0 bridgehead atoms. The first-order chi connectivity index (χ1) is 19.1. The number of carboxylic acid groups (broad SMARTS) is 1. The van der Waals surface area contributed by atoms with E-state index in [-0.39, 0.29) is 6.79 Å². The number of nitrogens with zero attached hydrogens (tertiary/aromatic N) is 1. The smallest absolute Gasteiger partial charge is 0.490 e. The Morgan fingerprint density at radius 1 is 0.900 bits per heavy atom. The number of methoxy groups -OCH3 is 1. The molecule has 4 aromatic rings. The van der Waals surface area contributed by atoms with E-state index in [1.165, 1.54) is 0 Å². The van der Waals surface area contributed by atoms with Crippen LogP contribution in [0.3, 0.4) is 0 Å². The highest BCUT2D eigenvalue weighted by atomic mass is 19.4. The molecule has 3 N–H and O–H groups in total.